The van der Waals surface area contributed by atoms with Gasteiger partial charge < -0.3 is 0 Å². The molecule has 0 unspecified atom stereocenters. The lowest BCUT2D eigenvalue weighted by molar-refractivity contribution is 0.601. The van der Waals surface area contributed by atoms with Crippen LogP contribution in [0.1, 0.15) is 22.3 Å². The molecule has 1 heterocycles. The van der Waals surface area contributed by atoms with Crippen molar-refractivity contribution in [3.8, 4) is 16.9 Å². The van der Waals surface area contributed by atoms with Gasteiger partial charge in [-0.05, 0) is 57.0 Å². The second kappa shape index (κ2) is 8.04. The van der Waals surface area contributed by atoms with Crippen LogP contribution in [0.2, 0.25) is 0 Å². The maximum Gasteiger partial charge on any atom is 0.263 e. The van der Waals surface area contributed by atoms with E-state index in [0.717, 1.165) is 33.6 Å². The molecular formula is C25H25N3O2S. The molecule has 1 N–H and O–H groups in total. The zero-order chi connectivity index (χ0) is 22.2. The molecule has 31 heavy (non-hydrogen) atoms. The molecule has 3 aromatic carbocycles. The van der Waals surface area contributed by atoms with Gasteiger partial charge in [0.05, 0.1) is 16.3 Å². The van der Waals surface area contributed by atoms with E-state index < -0.39 is 10.0 Å². The molecule has 4 rings (SSSR count). The average molecular weight is 432 g/mol. The Kier molecular flexibility index (Phi) is 5.41. The molecule has 0 aliphatic heterocycles. The minimum Gasteiger partial charge on any atom is -0.262 e. The quantitative estimate of drug-likeness (QED) is 0.449. The highest BCUT2D eigenvalue weighted by Gasteiger charge is 2.20. The van der Waals surface area contributed by atoms with E-state index in [1.807, 2.05) is 43.7 Å². The first kappa shape index (κ1) is 20.9. The summed E-state index contributed by atoms with van der Waals surface area (Å²) in [6, 6.07) is 22.4. The van der Waals surface area contributed by atoms with Gasteiger partial charge in [-0.15, -0.1) is 5.10 Å². The summed E-state index contributed by atoms with van der Waals surface area (Å²) in [5.74, 6) is 0.278. The molecule has 0 amide bonds. The van der Waals surface area contributed by atoms with Crippen molar-refractivity contribution in [3.63, 3.8) is 0 Å². The van der Waals surface area contributed by atoms with Crippen molar-refractivity contribution >= 4 is 15.8 Å². The molecule has 158 valence electrons. The number of rotatable bonds is 5. The van der Waals surface area contributed by atoms with Crippen LogP contribution in [0.25, 0.3) is 16.9 Å². The SMILES string of the molecule is Cc1cccc(-c2cc(NS(=O)(=O)c3ccccc3)nn2-c2c(C)cc(C)cc2C)c1. The first-order valence-corrected chi connectivity index (χ1v) is 11.6. The highest BCUT2D eigenvalue weighted by atomic mass is 32.2. The number of hydrogen-bond donors (Lipinski definition) is 1. The van der Waals surface area contributed by atoms with Crippen molar-refractivity contribution in [2.45, 2.75) is 32.6 Å². The van der Waals surface area contributed by atoms with Gasteiger partial charge in [0.2, 0.25) is 0 Å². The predicted octanol–water partition coefficient (Wildman–Crippen LogP) is 5.57. The van der Waals surface area contributed by atoms with E-state index in [2.05, 4.69) is 34.9 Å². The minimum absolute atomic E-state index is 0.198. The number of hydrogen-bond acceptors (Lipinski definition) is 3. The molecule has 0 bridgehead atoms. The van der Waals surface area contributed by atoms with Gasteiger partial charge in [0.25, 0.3) is 10.0 Å². The molecule has 0 aliphatic rings. The molecule has 6 heteroatoms. The molecular weight excluding hydrogens is 406 g/mol. The van der Waals surface area contributed by atoms with Crippen LogP contribution in [0.3, 0.4) is 0 Å². The highest BCUT2D eigenvalue weighted by Crippen LogP contribution is 2.31. The number of nitrogens with one attached hydrogen (secondary N) is 1. The number of sulfonamides is 1. The second-order valence-electron chi connectivity index (χ2n) is 7.86. The summed E-state index contributed by atoms with van der Waals surface area (Å²) in [5.41, 5.74) is 7.19. The molecule has 5 nitrogen and oxygen atoms in total. The first-order valence-electron chi connectivity index (χ1n) is 10.1. The lowest BCUT2D eigenvalue weighted by Crippen LogP contribution is -2.13. The summed E-state index contributed by atoms with van der Waals surface area (Å²) < 4.78 is 30.2. The van der Waals surface area contributed by atoms with Gasteiger partial charge in [0.15, 0.2) is 5.82 Å². The Labute approximate surface area is 183 Å². The largest absolute Gasteiger partial charge is 0.263 e. The number of anilines is 1. The van der Waals surface area contributed by atoms with E-state index in [4.69, 9.17) is 0 Å². The van der Waals surface area contributed by atoms with E-state index in [1.165, 1.54) is 5.56 Å². The number of nitrogens with zero attached hydrogens (tertiary/aromatic N) is 2. The predicted molar refractivity (Wildman–Crippen MR) is 125 cm³/mol. The minimum atomic E-state index is -3.74. The van der Waals surface area contributed by atoms with Crippen LogP contribution in [0.15, 0.2) is 77.7 Å². The summed E-state index contributed by atoms with van der Waals surface area (Å²) in [6.45, 7) is 8.19. The van der Waals surface area contributed by atoms with Gasteiger partial charge in [-0.25, -0.2) is 13.1 Å². The van der Waals surface area contributed by atoms with Crippen molar-refractivity contribution in [2.24, 2.45) is 0 Å². The number of aryl methyl sites for hydroxylation is 4. The van der Waals surface area contributed by atoms with Crippen LogP contribution in [0, 0.1) is 27.7 Å². The Morgan fingerprint density at radius 2 is 1.45 bits per heavy atom. The normalized spacial score (nSPS) is 11.5. The average Bonchev–Trinajstić information content (AvgIpc) is 3.10. The fourth-order valence-electron chi connectivity index (χ4n) is 3.91. The fraction of sp³-hybridized carbons (Fsp3) is 0.160. The lowest BCUT2D eigenvalue weighted by Gasteiger charge is -2.14. The molecule has 0 radical (unpaired) electrons. The zero-order valence-corrected chi connectivity index (χ0v) is 18.9. The Bertz CT molecular complexity index is 1330. The smallest absolute Gasteiger partial charge is 0.262 e. The maximum atomic E-state index is 12.9. The summed E-state index contributed by atoms with van der Waals surface area (Å²) in [4.78, 5) is 0.198. The third-order valence-electron chi connectivity index (χ3n) is 5.16. The van der Waals surface area contributed by atoms with Crippen LogP contribution >= 0.6 is 0 Å². The topological polar surface area (TPSA) is 64.0 Å². The molecule has 0 spiro atoms. The lowest BCUT2D eigenvalue weighted by atomic mass is 10.0. The van der Waals surface area contributed by atoms with Crippen molar-refractivity contribution in [3.05, 3.63) is 95.1 Å². The third-order valence-corrected chi connectivity index (χ3v) is 6.53. The molecule has 0 fully saturated rings. The summed E-state index contributed by atoms with van der Waals surface area (Å²) in [7, 11) is -3.74. The van der Waals surface area contributed by atoms with E-state index in [9.17, 15) is 8.42 Å². The molecule has 4 aromatic rings. The Morgan fingerprint density at radius 3 is 2.10 bits per heavy atom. The van der Waals surface area contributed by atoms with Gasteiger partial charge in [0.1, 0.15) is 0 Å². The van der Waals surface area contributed by atoms with Crippen LogP contribution < -0.4 is 4.72 Å². The molecule has 0 saturated heterocycles. The third kappa shape index (κ3) is 4.25. The monoisotopic (exact) mass is 431 g/mol. The number of benzene rings is 3. The van der Waals surface area contributed by atoms with Gasteiger partial charge >= 0.3 is 0 Å². The van der Waals surface area contributed by atoms with Gasteiger partial charge in [-0.3, -0.25) is 4.72 Å². The van der Waals surface area contributed by atoms with Gasteiger partial charge in [-0.1, -0.05) is 59.7 Å². The number of aromatic nitrogens is 2. The Hall–Kier alpha value is -3.38. The summed E-state index contributed by atoms with van der Waals surface area (Å²) >= 11 is 0. The molecule has 0 saturated carbocycles. The van der Waals surface area contributed by atoms with Crippen molar-refractivity contribution in [1.29, 1.82) is 0 Å². The van der Waals surface area contributed by atoms with Crippen molar-refractivity contribution in [2.75, 3.05) is 4.72 Å². The molecule has 0 atom stereocenters. The Morgan fingerprint density at radius 1 is 0.774 bits per heavy atom. The van der Waals surface area contributed by atoms with Crippen LogP contribution in [0.4, 0.5) is 5.82 Å². The molecule has 1 aromatic heterocycles. The van der Waals surface area contributed by atoms with E-state index in [0.29, 0.717) is 0 Å². The Balaban J connectivity index is 1.88. The molecule has 0 aliphatic carbocycles. The van der Waals surface area contributed by atoms with Crippen LogP contribution in [0.5, 0.6) is 0 Å². The fourth-order valence-corrected chi connectivity index (χ4v) is 4.92. The standard InChI is InChI=1S/C25H25N3O2S/c1-17-9-8-10-21(15-17)23-16-24(27-31(29,30)22-11-6-5-7-12-22)26-28(23)25-19(3)13-18(2)14-20(25)4/h5-16H,1-4H3,(H,26,27). The van der Waals surface area contributed by atoms with Gasteiger partial charge in [0, 0.05) is 11.6 Å². The van der Waals surface area contributed by atoms with Crippen LogP contribution in [-0.2, 0) is 10.0 Å². The van der Waals surface area contributed by atoms with E-state index in [1.54, 1.807) is 36.4 Å². The zero-order valence-electron chi connectivity index (χ0n) is 18.0. The maximum absolute atomic E-state index is 12.9. The highest BCUT2D eigenvalue weighted by molar-refractivity contribution is 7.92. The van der Waals surface area contributed by atoms with E-state index in [-0.39, 0.29) is 10.7 Å². The van der Waals surface area contributed by atoms with Gasteiger partial charge in [-0.2, -0.15) is 0 Å². The van der Waals surface area contributed by atoms with E-state index >= 15 is 0 Å². The second-order valence-corrected chi connectivity index (χ2v) is 9.54. The van der Waals surface area contributed by atoms with Crippen molar-refractivity contribution in [1.82, 2.24) is 9.78 Å². The van der Waals surface area contributed by atoms with Crippen molar-refractivity contribution < 1.29 is 8.42 Å². The first-order chi connectivity index (χ1) is 14.7. The summed E-state index contributed by atoms with van der Waals surface area (Å²) in [6.07, 6.45) is 0. The van der Waals surface area contributed by atoms with Crippen LogP contribution in [-0.4, -0.2) is 18.2 Å². The summed E-state index contributed by atoms with van der Waals surface area (Å²) in [5, 5.41) is 4.67.